The van der Waals surface area contributed by atoms with Gasteiger partial charge >= 0.3 is 0 Å². The monoisotopic (exact) mass is 422 g/mol. The molecule has 8 heteroatoms. The number of aromatic nitrogens is 1. The zero-order valence-corrected chi connectivity index (χ0v) is 16.7. The first-order valence-electron chi connectivity index (χ1n) is 7.97. The molecule has 0 bridgehead atoms. The molecule has 3 aromatic rings. The second-order valence-electron chi connectivity index (χ2n) is 5.55. The van der Waals surface area contributed by atoms with Crippen LogP contribution in [0, 0.1) is 0 Å². The van der Waals surface area contributed by atoms with Crippen LogP contribution in [-0.2, 0) is 13.2 Å². The van der Waals surface area contributed by atoms with Gasteiger partial charge in [0.25, 0.3) is 5.91 Å². The SMILES string of the molecule is COc1cc(C(=O)NCc2ccc(Cl)cc2Cl)ccc1OCc1cscn1. The molecular weight excluding hydrogens is 407 g/mol. The van der Waals surface area contributed by atoms with Crippen molar-refractivity contribution in [2.45, 2.75) is 13.2 Å². The number of hydrogen-bond donors (Lipinski definition) is 1. The Kier molecular flexibility index (Phi) is 6.55. The lowest BCUT2D eigenvalue weighted by atomic mass is 10.1. The van der Waals surface area contributed by atoms with Crippen LogP contribution in [-0.4, -0.2) is 18.0 Å². The summed E-state index contributed by atoms with van der Waals surface area (Å²) < 4.78 is 11.1. The van der Waals surface area contributed by atoms with Gasteiger partial charge in [0.2, 0.25) is 0 Å². The maximum absolute atomic E-state index is 12.4. The highest BCUT2D eigenvalue weighted by molar-refractivity contribution is 7.07. The lowest BCUT2D eigenvalue weighted by Gasteiger charge is -2.12. The highest BCUT2D eigenvalue weighted by atomic mass is 35.5. The molecule has 3 rings (SSSR count). The standard InChI is InChI=1S/C19H16Cl2N2O3S/c1-25-18-6-12(3-5-17(18)26-9-15-10-27-11-23-15)19(24)22-8-13-2-4-14(20)7-16(13)21/h2-7,10-11H,8-9H2,1H3,(H,22,24). The summed E-state index contributed by atoms with van der Waals surface area (Å²) in [7, 11) is 1.53. The summed E-state index contributed by atoms with van der Waals surface area (Å²) in [6, 6.07) is 10.2. The molecule has 1 heterocycles. The van der Waals surface area contributed by atoms with E-state index in [2.05, 4.69) is 10.3 Å². The van der Waals surface area contributed by atoms with Gasteiger partial charge in [0.05, 0.1) is 18.3 Å². The van der Waals surface area contributed by atoms with E-state index in [0.29, 0.717) is 40.3 Å². The number of halogens is 2. The number of carbonyl (C=O) groups excluding carboxylic acids is 1. The third kappa shape index (κ3) is 5.13. The number of ether oxygens (including phenoxy) is 2. The first-order valence-corrected chi connectivity index (χ1v) is 9.66. The highest BCUT2D eigenvalue weighted by Crippen LogP contribution is 2.29. The molecule has 0 aliphatic rings. The number of benzene rings is 2. The Morgan fingerprint density at radius 2 is 2.04 bits per heavy atom. The van der Waals surface area contributed by atoms with Crippen molar-refractivity contribution in [2.75, 3.05) is 7.11 Å². The molecule has 0 radical (unpaired) electrons. The van der Waals surface area contributed by atoms with E-state index < -0.39 is 0 Å². The maximum Gasteiger partial charge on any atom is 0.251 e. The largest absolute Gasteiger partial charge is 0.493 e. The number of amides is 1. The van der Waals surface area contributed by atoms with E-state index in [4.69, 9.17) is 32.7 Å². The lowest BCUT2D eigenvalue weighted by molar-refractivity contribution is 0.0950. The van der Waals surface area contributed by atoms with Crippen molar-refractivity contribution >= 4 is 40.4 Å². The van der Waals surface area contributed by atoms with Gasteiger partial charge in [-0.1, -0.05) is 29.3 Å². The molecule has 140 valence electrons. The van der Waals surface area contributed by atoms with Crippen molar-refractivity contribution in [3.05, 3.63) is 74.2 Å². The van der Waals surface area contributed by atoms with E-state index in [0.717, 1.165) is 11.3 Å². The van der Waals surface area contributed by atoms with Crippen LogP contribution in [0.15, 0.2) is 47.3 Å². The van der Waals surface area contributed by atoms with Gasteiger partial charge in [-0.2, -0.15) is 0 Å². The Labute approximate surface area is 170 Å². The Bertz CT molecular complexity index is 933. The molecule has 0 unspecified atom stereocenters. The van der Waals surface area contributed by atoms with Crippen molar-refractivity contribution in [2.24, 2.45) is 0 Å². The Morgan fingerprint density at radius 1 is 1.19 bits per heavy atom. The van der Waals surface area contributed by atoms with Gasteiger partial charge in [-0.25, -0.2) is 4.98 Å². The molecule has 2 aromatic carbocycles. The van der Waals surface area contributed by atoms with Crippen molar-refractivity contribution < 1.29 is 14.3 Å². The summed E-state index contributed by atoms with van der Waals surface area (Å²) in [6.45, 7) is 0.625. The molecule has 0 aliphatic heterocycles. The minimum Gasteiger partial charge on any atom is -0.493 e. The van der Waals surface area contributed by atoms with Crippen LogP contribution in [0.5, 0.6) is 11.5 Å². The predicted octanol–water partition coefficient (Wildman–Crippen LogP) is 4.97. The average molecular weight is 423 g/mol. The summed E-state index contributed by atoms with van der Waals surface area (Å²) in [5.41, 5.74) is 3.82. The molecule has 1 N–H and O–H groups in total. The van der Waals surface area contributed by atoms with Gasteiger partial charge in [-0.15, -0.1) is 11.3 Å². The maximum atomic E-state index is 12.4. The van der Waals surface area contributed by atoms with Gasteiger partial charge in [0.1, 0.15) is 6.61 Å². The third-order valence-corrected chi connectivity index (χ3v) is 4.96. The zero-order chi connectivity index (χ0) is 19.2. The van der Waals surface area contributed by atoms with E-state index in [1.54, 1.807) is 41.9 Å². The molecule has 0 fully saturated rings. The number of methoxy groups -OCH3 is 1. The molecule has 1 aromatic heterocycles. The molecule has 0 atom stereocenters. The highest BCUT2D eigenvalue weighted by Gasteiger charge is 2.12. The fraction of sp³-hybridized carbons (Fsp3) is 0.158. The van der Waals surface area contributed by atoms with Crippen molar-refractivity contribution in [1.29, 1.82) is 0 Å². The van der Waals surface area contributed by atoms with E-state index in [1.165, 1.54) is 18.4 Å². The van der Waals surface area contributed by atoms with Gasteiger partial charge in [-0.05, 0) is 35.9 Å². The van der Waals surface area contributed by atoms with E-state index in [-0.39, 0.29) is 5.91 Å². The summed E-state index contributed by atoms with van der Waals surface area (Å²) in [4.78, 5) is 16.6. The van der Waals surface area contributed by atoms with Crippen LogP contribution in [0.4, 0.5) is 0 Å². The lowest BCUT2D eigenvalue weighted by Crippen LogP contribution is -2.23. The van der Waals surface area contributed by atoms with Crippen LogP contribution >= 0.6 is 34.5 Å². The summed E-state index contributed by atoms with van der Waals surface area (Å²) in [5.74, 6) is 0.774. The molecule has 0 spiro atoms. The molecule has 5 nitrogen and oxygen atoms in total. The first kappa shape index (κ1) is 19.5. The molecule has 0 aliphatic carbocycles. The number of rotatable bonds is 7. The van der Waals surface area contributed by atoms with E-state index in [9.17, 15) is 4.79 Å². The van der Waals surface area contributed by atoms with E-state index in [1.807, 2.05) is 5.38 Å². The number of nitrogens with zero attached hydrogens (tertiary/aromatic N) is 1. The number of hydrogen-bond acceptors (Lipinski definition) is 5. The fourth-order valence-corrected chi connectivity index (χ4v) is 3.35. The smallest absolute Gasteiger partial charge is 0.251 e. The van der Waals surface area contributed by atoms with Crippen molar-refractivity contribution in [3.8, 4) is 11.5 Å². The quantitative estimate of drug-likeness (QED) is 0.583. The van der Waals surface area contributed by atoms with E-state index >= 15 is 0 Å². The third-order valence-electron chi connectivity index (χ3n) is 3.74. The summed E-state index contributed by atoms with van der Waals surface area (Å²) in [6.07, 6.45) is 0. The average Bonchev–Trinajstić information content (AvgIpc) is 3.19. The zero-order valence-electron chi connectivity index (χ0n) is 14.4. The Hall–Kier alpha value is -2.28. The van der Waals surface area contributed by atoms with Gasteiger partial charge in [-0.3, -0.25) is 4.79 Å². The van der Waals surface area contributed by atoms with Gasteiger partial charge in [0.15, 0.2) is 11.5 Å². The summed E-state index contributed by atoms with van der Waals surface area (Å²) in [5, 5.41) is 5.80. The molecule has 1 amide bonds. The van der Waals surface area contributed by atoms with Crippen LogP contribution in [0.25, 0.3) is 0 Å². The van der Waals surface area contributed by atoms with Crippen molar-refractivity contribution in [3.63, 3.8) is 0 Å². The topological polar surface area (TPSA) is 60.5 Å². The molecular formula is C19H16Cl2N2O3S. The van der Waals surface area contributed by atoms with Crippen LogP contribution in [0.3, 0.4) is 0 Å². The normalized spacial score (nSPS) is 10.5. The number of thiazole rings is 1. The van der Waals surface area contributed by atoms with Crippen LogP contribution in [0.1, 0.15) is 21.6 Å². The molecule has 27 heavy (non-hydrogen) atoms. The fourth-order valence-electron chi connectivity index (χ4n) is 2.33. The Balaban J connectivity index is 1.65. The minimum atomic E-state index is -0.245. The number of nitrogens with one attached hydrogen (secondary N) is 1. The molecule has 0 saturated heterocycles. The van der Waals surface area contributed by atoms with Crippen molar-refractivity contribution in [1.82, 2.24) is 10.3 Å². The van der Waals surface area contributed by atoms with Crippen LogP contribution in [0.2, 0.25) is 10.0 Å². The minimum absolute atomic E-state index is 0.245. The second kappa shape index (κ2) is 9.08. The molecule has 0 saturated carbocycles. The summed E-state index contributed by atoms with van der Waals surface area (Å²) >= 11 is 13.5. The van der Waals surface area contributed by atoms with Crippen LogP contribution < -0.4 is 14.8 Å². The Morgan fingerprint density at radius 3 is 2.74 bits per heavy atom. The number of carbonyl (C=O) groups is 1. The predicted molar refractivity (Wildman–Crippen MR) is 107 cm³/mol. The van der Waals surface area contributed by atoms with Gasteiger partial charge < -0.3 is 14.8 Å². The van der Waals surface area contributed by atoms with Gasteiger partial charge in [0, 0.05) is 27.5 Å². The second-order valence-corrected chi connectivity index (χ2v) is 7.11. The first-order chi connectivity index (χ1) is 13.1.